The molecule has 0 saturated carbocycles. The number of hydrogen-bond acceptors (Lipinski definition) is 6. The van der Waals surface area contributed by atoms with Gasteiger partial charge in [-0.1, -0.05) is 23.7 Å². The molecule has 0 amide bonds. The minimum Gasteiger partial charge on any atom is -0.314 e. The summed E-state index contributed by atoms with van der Waals surface area (Å²) < 4.78 is 29.7. The molecule has 0 fully saturated rings. The highest BCUT2D eigenvalue weighted by molar-refractivity contribution is 7.92. The Bertz CT molecular complexity index is 1160. The number of nitro benzene ring substituents is 1. The Morgan fingerprint density at radius 2 is 2.04 bits per heavy atom. The lowest BCUT2D eigenvalue weighted by atomic mass is 10.2. The monoisotopic (exact) mass is 421 g/mol. The summed E-state index contributed by atoms with van der Waals surface area (Å²) in [4.78, 5) is 10.2. The quantitative estimate of drug-likeness (QED) is 0.479. The van der Waals surface area contributed by atoms with Crippen LogP contribution in [0.25, 0.3) is 11.4 Å². The summed E-state index contributed by atoms with van der Waals surface area (Å²) in [5.74, 6) is 0.595. The van der Waals surface area contributed by atoms with E-state index in [1.807, 2.05) is 11.5 Å². The van der Waals surface area contributed by atoms with Crippen LogP contribution in [0.2, 0.25) is 5.02 Å². The van der Waals surface area contributed by atoms with Crippen molar-refractivity contribution in [1.29, 1.82) is 0 Å². The average molecular weight is 422 g/mol. The molecule has 0 aliphatic carbocycles. The number of sulfonamides is 1. The van der Waals surface area contributed by atoms with Crippen LogP contribution in [0.1, 0.15) is 12.5 Å². The van der Waals surface area contributed by atoms with Crippen LogP contribution in [-0.4, -0.2) is 28.1 Å². The Morgan fingerprint density at radius 1 is 1.29 bits per heavy atom. The maximum absolute atomic E-state index is 12.7. The number of benzene rings is 2. The fourth-order valence-corrected chi connectivity index (χ4v) is 4.00. The molecule has 0 radical (unpaired) electrons. The molecule has 11 heteroatoms. The van der Waals surface area contributed by atoms with Crippen molar-refractivity contribution in [3.63, 3.8) is 0 Å². The van der Waals surface area contributed by atoms with Gasteiger partial charge in [0.25, 0.3) is 15.7 Å². The lowest BCUT2D eigenvalue weighted by Gasteiger charge is -2.11. The standard InChI is InChI=1S/C17H16ClN5O4S/c1-3-22-10-19-20-17(22)12-5-4-6-13(7-12)21-28(26,27)14-8-15(18)11(2)16(9-14)23(24)25/h4-10,21H,3H2,1-2H3. The van der Waals surface area contributed by atoms with E-state index in [0.29, 0.717) is 17.9 Å². The summed E-state index contributed by atoms with van der Waals surface area (Å²) in [5.41, 5.74) is 0.791. The maximum atomic E-state index is 12.7. The van der Waals surface area contributed by atoms with Gasteiger partial charge >= 0.3 is 0 Å². The highest BCUT2D eigenvalue weighted by atomic mass is 35.5. The van der Waals surface area contributed by atoms with E-state index in [1.165, 1.54) is 13.0 Å². The molecule has 2 aromatic carbocycles. The molecule has 1 aromatic heterocycles. The molecular weight excluding hydrogens is 406 g/mol. The second-order valence-electron chi connectivity index (χ2n) is 5.93. The van der Waals surface area contributed by atoms with E-state index in [4.69, 9.17) is 11.6 Å². The van der Waals surface area contributed by atoms with E-state index in [0.717, 1.165) is 6.07 Å². The second-order valence-corrected chi connectivity index (χ2v) is 8.02. The molecule has 0 aliphatic rings. The zero-order chi connectivity index (χ0) is 20.5. The van der Waals surface area contributed by atoms with Crippen molar-refractivity contribution in [3.8, 4) is 11.4 Å². The molecule has 1 N–H and O–H groups in total. The molecule has 28 heavy (non-hydrogen) atoms. The van der Waals surface area contributed by atoms with Crippen LogP contribution >= 0.6 is 11.6 Å². The number of nitrogens with one attached hydrogen (secondary N) is 1. The van der Waals surface area contributed by atoms with Crippen LogP contribution in [0.15, 0.2) is 47.6 Å². The van der Waals surface area contributed by atoms with Gasteiger partial charge in [0.15, 0.2) is 5.82 Å². The molecule has 146 valence electrons. The smallest absolute Gasteiger partial charge is 0.275 e. The number of hydrogen-bond donors (Lipinski definition) is 1. The lowest BCUT2D eigenvalue weighted by Crippen LogP contribution is -2.13. The predicted octanol–water partition coefficient (Wildman–Crippen LogP) is 3.64. The van der Waals surface area contributed by atoms with Crippen LogP contribution in [0, 0.1) is 17.0 Å². The fraction of sp³-hybridized carbons (Fsp3) is 0.176. The van der Waals surface area contributed by atoms with Crippen molar-refractivity contribution in [3.05, 3.63) is 63.4 Å². The average Bonchev–Trinajstić information content (AvgIpc) is 3.12. The highest BCUT2D eigenvalue weighted by Crippen LogP contribution is 2.31. The minimum atomic E-state index is -4.09. The van der Waals surface area contributed by atoms with Crippen molar-refractivity contribution in [2.24, 2.45) is 0 Å². The first kappa shape index (κ1) is 19.8. The molecule has 1 heterocycles. The number of rotatable bonds is 6. The van der Waals surface area contributed by atoms with Crippen LogP contribution in [0.4, 0.5) is 11.4 Å². The van der Waals surface area contributed by atoms with E-state index < -0.39 is 14.9 Å². The first-order valence-electron chi connectivity index (χ1n) is 8.18. The number of aryl methyl sites for hydroxylation is 1. The summed E-state index contributed by atoms with van der Waals surface area (Å²) in [5, 5.41) is 19.1. The van der Waals surface area contributed by atoms with Gasteiger partial charge in [0.05, 0.1) is 14.8 Å². The van der Waals surface area contributed by atoms with Gasteiger partial charge in [-0.15, -0.1) is 10.2 Å². The normalized spacial score (nSPS) is 11.4. The Morgan fingerprint density at radius 3 is 2.71 bits per heavy atom. The molecule has 3 aromatic rings. The molecule has 3 rings (SSSR count). The van der Waals surface area contributed by atoms with Gasteiger partial charge in [-0.25, -0.2) is 8.42 Å². The fourth-order valence-electron chi connectivity index (χ4n) is 2.63. The molecule has 0 unspecified atom stereocenters. The Kier molecular flexibility index (Phi) is 5.34. The summed E-state index contributed by atoms with van der Waals surface area (Å²) in [6.45, 7) is 4.05. The number of halogens is 1. The Balaban J connectivity index is 1.98. The van der Waals surface area contributed by atoms with Gasteiger partial charge in [-0.3, -0.25) is 14.8 Å². The van der Waals surface area contributed by atoms with Crippen LogP contribution in [0.5, 0.6) is 0 Å². The van der Waals surface area contributed by atoms with Gasteiger partial charge in [-0.2, -0.15) is 0 Å². The highest BCUT2D eigenvalue weighted by Gasteiger charge is 2.23. The predicted molar refractivity (Wildman–Crippen MR) is 105 cm³/mol. The van der Waals surface area contributed by atoms with E-state index >= 15 is 0 Å². The minimum absolute atomic E-state index is 0.000580. The molecule has 0 bridgehead atoms. The number of nitrogens with zero attached hydrogens (tertiary/aromatic N) is 4. The number of aromatic nitrogens is 3. The largest absolute Gasteiger partial charge is 0.314 e. The number of anilines is 1. The van der Waals surface area contributed by atoms with Crippen molar-refractivity contribution in [2.75, 3.05) is 4.72 Å². The summed E-state index contributed by atoms with van der Waals surface area (Å²) in [6.07, 6.45) is 1.58. The third kappa shape index (κ3) is 3.82. The third-order valence-electron chi connectivity index (χ3n) is 4.13. The molecule has 9 nitrogen and oxygen atoms in total. The molecule has 0 spiro atoms. The summed E-state index contributed by atoms with van der Waals surface area (Å²) in [7, 11) is -4.09. The van der Waals surface area contributed by atoms with E-state index in [1.54, 1.807) is 30.6 Å². The SMILES string of the molecule is CCn1cnnc1-c1cccc(NS(=O)(=O)c2cc(Cl)c(C)c([N+](=O)[O-])c2)c1. The van der Waals surface area contributed by atoms with E-state index in [9.17, 15) is 18.5 Å². The van der Waals surface area contributed by atoms with Crippen LogP contribution in [-0.2, 0) is 16.6 Å². The first-order valence-corrected chi connectivity index (χ1v) is 10.0. The van der Waals surface area contributed by atoms with Crippen LogP contribution < -0.4 is 4.72 Å². The van der Waals surface area contributed by atoms with Crippen molar-refractivity contribution in [1.82, 2.24) is 14.8 Å². The van der Waals surface area contributed by atoms with Crippen molar-refractivity contribution in [2.45, 2.75) is 25.3 Å². The number of nitro groups is 1. The summed E-state index contributed by atoms with van der Waals surface area (Å²) in [6, 6.07) is 8.80. The zero-order valence-electron chi connectivity index (χ0n) is 15.0. The molecule has 0 atom stereocenters. The second kappa shape index (κ2) is 7.56. The Hall–Kier alpha value is -2.98. The first-order chi connectivity index (χ1) is 13.2. The van der Waals surface area contributed by atoms with Gasteiger partial charge in [0.2, 0.25) is 0 Å². The van der Waals surface area contributed by atoms with Crippen molar-refractivity contribution >= 4 is 33.0 Å². The third-order valence-corrected chi connectivity index (χ3v) is 5.88. The zero-order valence-corrected chi connectivity index (χ0v) is 16.5. The maximum Gasteiger partial charge on any atom is 0.275 e. The topological polar surface area (TPSA) is 120 Å². The van der Waals surface area contributed by atoms with Gasteiger partial charge < -0.3 is 4.57 Å². The Labute approximate surface area is 166 Å². The van der Waals surface area contributed by atoms with Crippen LogP contribution in [0.3, 0.4) is 0 Å². The van der Waals surface area contributed by atoms with Crippen molar-refractivity contribution < 1.29 is 13.3 Å². The summed E-state index contributed by atoms with van der Waals surface area (Å²) >= 11 is 5.98. The molecule has 0 aliphatic heterocycles. The lowest BCUT2D eigenvalue weighted by molar-refractivity contribution is -0.385. The van der Waals surface area contributed by atoms with Gasteiger partial charge in [0, 0.05) is 29.4 Å². The molecule has 0 saturated heterocycles. The van der Waals surface area contributed by atoms with Gasteiger partial charge in [0.1, 0.15) is 6.33 Å². The van der Waals surface area contributed by atoms with Gasteiger partial charge in [-0.05, 0) is 32.0 Å². The molecular formula is C17H16ClN5O4S. The van der Waals surface area contributed by atoms with E-state index in [-0.39, 0.29) is 26.9 Å². The van der Waals surface area contributed by atoms with E-state index in [2.05, 4.69) is 14.9 Å².